The monoisotopic (exact) mass is 280 g/mol. The largest absolute Gasteiger partial charge is 0.308 e. The molecule has 2 heteroatoms. The van der Waals surface area contributed by atoms with Crippen LogP contribution in [0.3, 0.4) is 0 Å². The Balaban J connectivity index is 2.02. The molecule has 118 valence electrons. The molecule has 0 radical (unpaired) electrons. The molecule has 0 amide bonds. The average molecular weight is 280 g/mol. The zero-order valence-electron chi connectivity index (χ0n) is 14.3. The molecule has 0 aromatic heterocycles. The van der Waals surface area contributed by atoms with Crippen LogP contribution in [0.4, 0.5) is 0 Å². The van der Waals surface area contributed by atoms with Crippen molar-refractivity contribution >= 4 is 0 Å². The first-order valence-electron chi connectivity index (χ1n) is 9.09. The Hall–Kier alpha value is -0.0800. The van der Waals surface area contributed by atoms with Crippen LogP contribution in [-0.2, 0) is 0 Å². The average Bonchev–Trinajstić information content (AvgIpc) is 2.48. The van der Waals surface area contributed by atoms with E-state index < -0.39 is 0 Å². The maximum Gasteiger partial charge on any atom is 0.0304 e. The third kappa shape index (κ3) is 3.76. The zero-order chi connectivity index (χ0) is 14.6. The lowest BCUT2D eigenvalue weighted by Gasteiger charge is -2.50. The fourth-order valence-electron chi connectivity index (χ4n) is 4.29. The maximum atomic E-state index is 3.89. The second-order valence-electron chi connectivity index (χ2n) is 7.61. The van der Waals surface area contributed by atoms with Gasteiger partial charge in [0, 0.05) is 31.2 Å². The summed E-state index contributed by atoms with van der Waals surface area (Å²) in [7, 11) is 0. The third-order valence-electron chi connectivity index (χ3n) is 6.00. The van der Waals surface area contributed by atoms with Crippen LogP contribution in [0.2, 0.25) is 0 Å². The Labute approximate surface area is 126 Å². The van der Waals surface area contributed by atoms with E-state index in [4.69, 9.17) is 0 Å². The van der Waals surface area contributed by atoms with Gasteiger partial charge in [0.15, 0.2) is 0 Å². The van der Waals surface area contributed by atoms with Crippen molar-refractivity contribution in [1.82, 2.24) is 10.2 Å². The standard InChI is InChI=1S/C18H36N2/c1-5-18(6-2)14-20(17(12-19-18)15(3)4)13-16-10-8-7-9-11-16/h15-17,19H,5-14H2,1-4H3. The molecule has 1 aliphatic carbocycles. The molecule has 2 fully saturated rings. The van der Waals surface area contributed by atoms with E-state index in [9.17, 15) is 0 Å². The minimum Gasteiger partial charge on any atom is -0.308 e. The van der Waals surface area contributed by atoms with Crippen molar-refractivity contribution in [1.29, 1.82) is 0 Å². The molecule has 1 saturated carbocycles. The van der Waals surface area contributed by atoms with Gasteiger partial charge in [-0.05, 0) is 37.5 Å². The summed E-state index contributed by atoms with van der Waals surface area (Å²) in [6, 6.07) is 0.739. The molecule has 1 N–H and O–H groups in total. The van der Waals surface area contributed by atoms with Crippen LogP contribution in [0.25, 0.3) is 0 Å². The van der Waals surface area contributed by atoms with Gasteiger partial charge >= 0.3 is 0 Å². The van der Waals surface area contributed by atoms with Crippen LogP contribution in [-0.4, -0.2) is 36.1 Å². The van der Waals surface area contributed by atoms with Gasteiger partial charge in [0.2, 0.25) is 0 Å². The van der Waals surface area contributed by atoms with E-state index in [-0.39, 0.29) is 0 Å². The first kappa shape index (κ1) is 16.3. The van der Waals surface area contributed by atoms with Gasteiger partial charge in [-0.15, -0.1) is 0 Å². The molecule has 2 aliphatic rings. The van der Waals surface area contributed by atoms with Crippen molar-refractivity contribution in [2.24, 2.45) is 11.8 Å². The molecule has 1 unspecified atom stereocenters. The lowest BCUT2D eigenvalue weighted by atomic mass is 9.83. The Bertz CT molecular complexity index is 277. The molecule has 0 spiro atoms. The SMILES string of the molecule is CCC1(CC)CN(CC2CCCCC2)C(C(C)C)CN1. The van der Waals surface area contributed by atoms with Crippen LogP contribution in [0.15, 0.2) is 0 Å². The number of hydrogen-bond donors (Lipinski definition) is 1. The minimum atomic E-state index is 0.375. The number of hydrogen-bond acceptors (Lipinski definition) is 2. The summed E-state index contributed by atoms with van der Waals surface area (Å²) in [5, 5.41) is 3.89. The lowest BCUT2D eigenvalue weighted by molar-refractivity contribution is 0.0335. The topological polar surface area (TPSA) is 15.3 Å². The van der Waals surface area contributed by atoms with Gasteiger partial charge in [-0.1, -0.05) is 47.0 Å². The summed E-state index contributed by atoms with van der Waals surface area (Å²) in [6.07, 6.45) is 9.87. The molecule has 0 aromatic rings. The maximum absolute atomic E-state index is 3.89. The van der Waals surface area contributed by atoms with Crippen molar-refractivity contribution in [2.45, 2.75) is 84.2 Å². The van der Waals surface area contributed by atoms with Crippen molar-refractivity contribution < 1.29 is 0 Å². The van der Waals surface area contributed by atoms with Gasteiger partial charge in [0.05, 0.1) is 0 Å². The summed E-state index contributed by atoms with van der Waals surface area (Å²) < 4.78 is 0. The van der Waals surface area contributed by atoms with Gasteiger partial charge in [-0.3, -0.25) is 4.90 Å². The predicted molar refractivity (Wildman–Crippen MR) is 88.1 cm³/mol. The van der Waals surface area contributed by atoms with Gasteiger partial charge in [-0.2, -0.15) is 0 Å². The third-order valence-corrected chi connectivity index (χ3v) is 6.00. The molecule has 2 nitrogen and oxygen atoms in total. The van der Waals surface area contributed by atoms with E-state index in [1.165, 1.54) is 64.6 Å². The highest BCUT2D eigenvalue weighted by Gasteiger charge is 2.38. The molecule has 20 heavy (non-hydrogen) atoms. The fraction of sp³-hybridized carbons (Fsp3) is 1.00. The molecule has 2 rings (SSSR count). The van der Waals surface area contributed by atoms with Crippen molar-refractivity contribution in [3.05, 3.63) is 0 Å². The second-order valence-corrected chi connectivity index (χ2v) is 7.61. The molecule has 1 atom stereocenters. The zero-order valence-corrected chi connectivity index (χ0v) is 14.3. The van der Waals surface area contributed by atoms with E-state index >= 15 is 0 Å². The predicted octanol–water partition coefficient (Wildman–Crippen LogP) is 4.06. The summed E-state index contributed by atoms with van der Waals surface area (Å²) >= 11 is 0. The summed E-state index contributed by atoms with van der Waals surface area (Å²) in [4.78, 5) is 2.85. The van der Waals surface area contributed by atoms with Gasteiger partial charge in [0.25, 0.3) is 0 Å². The molecule has 1 aliphatic heterocycles. The second kappa shape index (κ2) is 7.26. The highest BCUT2D eigenvalue weighted by atomic mass is 15.3. The van der Waals surface area contributed by atoms with E-state index in [2.05, 4.69) is 37.9 Å². The molecule has 1 saturated heterocycles. The van der Waals surface area contributed by atoms with Crippen molar-refractivity contribution in [3.63, 3.8) is 0 Å². The summed E-state index contributed by atoms with van der Waals surface area (Å²) in [5.74, 6) is 1.73. The van der Waals surface area contributed by atoms with E-state index in [0.29, 0.717) is 5.54 Å². The van der Waals surface area contributed by atoms with E-state index in [1.54, 1.807) is 0 Å². The van der Waals surface area contributed by atoms with Crippen LogP contribution in [0, 0.1) is 11.8 Å². The molecular formula is C18H36N2. The lowest BCUT2D eigenvalue weighted by Crippen LogP contribution is -2.65. The quantitative estimate of drug-likeness (QED) is 0.817. The highest BCUT2D eigenvalue weighted by Crippen LogP contribution is 2.30. The van der Waals surface area contributed by atoms with E-state index in [1.807, 2.05) is 0 Å². The first-order valence-corrected chi connectivity index (χ1v) is 9.09. The normalized spacial score (nSPS) is 28.9. The van der Waals surface area contributed by atoms with Crippen molar-refractivity contribution in [2.75, 3.05) is 19.6 Å². The molecule has 1 heterocycles. The Kier molecular flexibility index (Phi) is 5.92. The summed E-state index contributed by atoms with van der Waals surface area (Å²) in [6.45, 7) is 13.3. The van der Waals surface area contributed by atoms with Gasteiger partial charge < -0.3 is 5.32 Å². The van der Waals surface area contributed by atoms with Gasteiger partial charge in [-0.25, -0.2) is 0 Å². The Morgan fingerprint density at radius 1 is 1.10 bits per heavy atom. The highest BCUT2D eigenvalue weighted by molar-refractivity contribution is 4.98. The van der Waals surface area contributed by atoms with Crippen LogP contribution in [0.5, 0.6) is 0 Å². The number of piperazine rings is 1. The van der Waals surface area contributed by atoms with Crippen LogP contribution < -0.4 is 5.32 Å². The number of nitrogens with zero attached hydrogens (tertiary/aromatic N) is 1. The molecule has 0 aromatic carbocycles. The Morgan fingerprint density at radius 2 is 1.75 bits per heavy atom. The van der Waals surface area contributed by atoms with Crippen molar-refractivity contribution in [3.8, 4) is 0 Å². The summed E-state index contributed by atoms with van der Waals surface area (Å²) in [5.41, 5.74) is 0.375. The molecular weight excluding hydrogens is 244 g/mol. The first-order chi connectivity index (χ1) is 9.60. The van der Waals surface area contributed by atoms with Crippen LogP contribution in [0.1, 0.15) is 72.6 Å². The van der Waals surface area contributed by atoms with Crippen LogP contribution >= 0.6 is 0 Å². The minimum absolute atomic E-state index is 0.375. The smallest absolute Gasteiger partial charge is 0.0304 e. The molecule has 0 bridgehead atoms. The van der Waals surface area contributed by atoms with E-state index in [0.717, 1.165) is 17.9 Å². The fourth-order valence-corrected chi connectivity index (χ4v) is 4.29. The number of rotatable bonds is 5. The number of nitrogens with one attached hydrogen (secondary N) is 1. The Morgan fingerprint density at radius 3 is 2.30 bits per heavy atom. The van der Waals surface area contributed by atoms with Gasteiger partial charge in [0.1, 0.15) is 0 Å².